The lowest BCUT2D eigenvalue weighted by molar-refractivity contribution is -0.144. The Morgan fingerprint density at radius 3 is 2.32 bits per heavy atom. The van der Waals surface area contributed by atoms with Gasteiger partial charge < -0.3 is 20.5 Å². The van der Waals surface area contributed by atoms with Crippen molar-refractivity contribution in [1.29, 1.82) is 0 Å². The molecule has 1 aliphatic heterocycles. The molecule has 0 aromatic rings. The van der Waals surface area contributed by atoms with Gasteiger partial charge in [0.05, 0.1) is 26.1 Å². The van der Waals surface area contributed by atoms with Gasteiger partial charge in [-0.2, -0.15) is 0 Å². The summed E-state index contributed by atoms with van der Waals surface area (Å²) in [6.07, 6.45) is -0.374. The maximum atomic E-state index is 11.8. The Hall–Kier alpha value is -1.67. The van der Waals surface area contributed by atoms with Crippen LogP contribution in [0.3, 0.4) is 0 Å². The molecule has 0 radical (unpaired) electrons. The standard InChI is InChI=1S/C11H19N3O5/c1-19-10(17)7-13-2-4-14(5-3-13)11(18)8(12)6-9(15)16/h8H,2-7,12H2,1H3,(H,15,16). The molecule has 1 fully saturated rings. The average Bonchev–Trinajstić information content (AvgIpc) is 2.37. The van der Waals surface area contributed by atoms with Crippen molar-refractivity contribution >= 4 is 17.8 Å². The number of nitrogens with two attached hydrogens (primary N) is 1. The number of ether oxygens (including phenoxy) is 1. The number of hydrogen-bond donors (Lipinski definition) is 2. The van der Waals surface area contributed by atoms with Crippen molar-refractivity contribution in [1.82, 2.24) is 9.80 Å². The van der Waals surface area contributed by atoms with E-state index in [1.54, 1.807) is 0 Å². The number of piperazine rings is 1. The highest BCUT2D eigenvalue weighted by atomic mass is 16.5. The summed E-state index contributed by atoms with van der Waals surface area (Å²) >= 11 is 0. The van der Waals surface area contributed by atoms with E-state index in [9.17, 15) is 14.4 Å². The van der Waals surface area contributed by atoms with Crippen LogP contribution in [0.15, 0.2) is 0 Å². The smallest absolute Gasteiger partial charge is 0.319 e. The Kier molecular flexibility index (Phi) is 5.71. The Labute approximate surface area is 111 Å². The van der Waals surface area contributed by atoms with Gasteiger partial charge in [0.15, 0.2) is 0 Å². The lowest BCUT2D eigenvalue weighted by Gasteiger charge is -2.35. The summed E-state index contributed by atoms with van der Waals surface area (Å²) < 4.78 is 4.56. The monoisotopic (exact) mass is 273 g/mol. The van der Waals surface area contributed by atoms with Gasteiger partial charge in [-0.1, -0.05) is 0 Å². The molecule has 1 atom stereocenters. The van der Waals surface area contributed by atoms with Crippen LogP contribution in [0.1, 0.15) is 6.42 Å². The Bertz CT molecular complexity index is 352. The summed E-state index contributed by atoms with van der Waals surface area (Å²) in [7, 11) is 1.33. The number of carboxylic acid groups (broad SMARTS) is 1. The molecule has 1 saturated heterocycles. The molecule has 1 unspecified atom stereocenters. The number of nitrogens with zero attached hydrogens (tertiary/aromatic N) is 2. The number of carbonyl (C=O) groups is 3. The molecule has 19 heavy (non-hydrogen) atoms. The van der Waals surface area contributed by atoms with Crippen LogP contribution in [0.25, 0.3) is 0 Å². The van der Waals surface area contributed by atoms with Gasteiger partial charge in [-0.3, -0.25) is 19.3 Å². The van der Waals surface area contributed by atoms with Gasteiger partial charge in [0.2, 0.25) is 5.91 Å². The van der Waals surface area contributed by atoms with E-state index in [1.165, 1.54) is 12.0 Å². The fourth-order valence-electron chi connectivity index (χ4n) is 1.88. The van der Waals surface area contributed by atoms with Gasteiger partial charge in [-0.05, 0) is 0 Å². The predicted molar refractivity (Wildman–Crippen MR) is 65.3 cm³/mol. The molecule has 0 spiro atoms. The average molecular weight is 273 g/mol. The summed E-state index contributed by atoms with van der Waals surface area (Å²) in [5.74, 6) is -1.77. The number of carboxylic acids is 1. The number of aliphatic carboxylic acids is 1. The van der Waals surface area contributed by atoms with Crippen LogP contribution in [-0.4, -0.2) is 78.6 Å². The van der Waals surface area contributed by atoms with E-state index in [4.69, 9.17) is 10.8 Å². The second kappa shape index (κ2) is 7.05. The first kappa shape index (κ1) is 15.4. The first-order valence-electron chi connectivity index (χ1n) is 5.99. The SMILES string of the molecule is COC(=O)CN1CCN(C(=O)C(N)CC(=O)O)CC1. The van der Waals surface area contributed by atoms with E-state index in [0.717, 1.165) is 0 Å². The van der Waals surface area contributed by atoms with Gasteiger partial charge in [-0.15, -0.1) is 0 Å². The highest BCUT2D eigenvalue weighted by molar-refractivity contribution is 5.86. The molecule has 0 aromatic carbocycles. The van der Waals surface area contributed by atoms with E-state index in [1.807, 2.05) is 4.90 Å². The topological polar surface area (TPSA) is 113 Å². The third kappa shape index (κ3) is 4.84. The van der Waals surface area contributed by atoms with E-state index in [-0.39, 0.29) is 24.8 Å². The Morgan fingerprint density at radius 1 is 1.26 bits per heavy atom. The minimum atomic E-state index is -1.09. The zero-order chi connectivity index (χ0) is 14.4. The third-order valence-electron chi connectivity index (χ3n) is 2.98. The van der Waals surface area contributed by atoms with E-state index < -0.39 is 12.0 Å². The molecule has 1 heterocycles. The molecule has 1 aliphatic rings. The molecule has 0 aromatic heterocycles. The number of methoxy groups -OCH3 is 1. The van der Waals surface area contributed by atoms with Crippen LogP contribution in [0, 0.1) is 0 Å². The largest absolute Gasteiger partial charge is 0.481 e. The molecule has 3 N–H and O–H groups in total. The van der Waals surface area contributed by atoms with Crippen LogP contribution in [0.4, 0.5) is 0 Å². The van der Waals surface area contributed by atoms with Crippen molar-refractivity contribution in [3.63, 3.8) is 0 Å². The molecule has 108 valence electrons. The van der Waals surface area contributed by atoms with Gasteiger partial charge in [0.1, 0.15) is 0 Å². The van der Waals surface area contributed by atoms with Crippen LogP contribution in [0.2, 0.25) is 0 Å². The summed E-state index contributed by atoms with van der Waals surface area (Å²) in [5.41, 5.74) is 5.53. The molecule has 0 aliphatic carbocycles. The van der Waals surface area contributed by atoms with Gasteiger partial charge in [-0.25, -0.2) is 0 Å². The molecule has 8 heteroatoms. The molecular weight excluding hydrogens is 254 g/mol. The number of rotatable bonds is 5. The minimum absolute atomic E-state index is 0.194. The second-order valence-corrected chi connectivity index (χ2v) is 4.38. The van der Waals surface area contributed by atoms with Crippen LogP contribution in [0.5, 0.6) is 0 Å². The third-order valence-corrected chi connectivity index (χ3v) is 2.98. The second-order valence-electron chi connectivity index (χ2n) is 4.38. The first-order chi connectivity index (χ1) is 8.93. The maximum Gasteiger partial charge on any atom is 0.319 e. The Balaban J connectivity index is 2.38. The van der Waals surface area contributed by atoms with E-state index in [0.29, 0.717) is 26.2 Å². The fraction of sp³-hybridized carbons (Fsp3) is 0.727. The fourth-order valence-corrected chi connectivity index (χ4v) is 1.88. The van der Waals surface area contributed by atoms with Crippen molar-refractivity contribution in [2.75, 3.05) is 39.8 Å². The van der Waals surface area contributed by atoms with Gasteiger partial charge >= 0.3 is 11.9 Å². The molecular formula is C11H19N3O5. The van der Waals surface area contributed by atoms with E-state index in [2.05, 4.69) is 4.74 Å². The van der Waals surface area contributed by atoms with E-state index >= 15 is 0 Å². The molecule has 8 nitrogen and oxygen atoms in total. The molecule has 0 saturated carbocycles. The quantitative estimate of drug-likeness (QED) is 0.563. The van der Waals surface area contributed by atoms with Crippen molar-refractivity contribution < 1.29 is 24.2 Å². The maximum absolute atomic E-state index is 11.8. The van der Waals surface area contributed by atoms with Crippen molar-refractivity contribution in [2.24, 2.45) is 5.73 Å². The highest BCUT2D eigenvalue weighted by Gasteiger charge is 2.27. The van der Waals surface area contributed by atoms with Gasteiger partial charge in [0.25, 0.3) is 0 Å². The number of amides is 1. The molecule has 1 rings (SSSR count). The van der Waals surface area contributed by atoms with Crippen molar-refractivity contribution in [2.45, 2.75) is 12.5 Å². The summed E-state index contributed by atoms with van der Waals surface area (Å²) in [6.45, 7) is 2.15. The zero-order valence-corrected chi connectivity index (χ0v) is 10.9. The summed E-state index contributed by atoms with van der Waals surface area (Å²) in [5, 5.41) is 8.59. The Morgan fingerprint density at radius 2 is 1.84 bits per heavy atom. The van der Waals surface area contributed by atoms with Crippen LogP contribution >= 0.6 is 0 Å². The van der Waals surface area contributed by atoms with Crippen LogP contribution in [-0.2, 0) is 19.1 Å². The van der Waals surface area contributed by atoms with Gasteiger partial charge in [0, 0.05) is 26.2 Å². The minimum Gasteiger partial charge on any atom is -0.481 e. The number of carbonyl (C=O) groups excluding carboxylic acids is 2. The summed E-state index contributed by atoms with van der Waals surface area (Å²) in [4.78, 5) is 36.8. The summed E-state index contributed by atoms with van der Waals surface area (Å²) in [6, 6.07) is -1.01. The molecule has 1 amide bonds. The lowest BCUT2D eigenvalue weighted by Crippen LogP contribution is -2.54. The first-order valence-corrected chi connectivity index (χ1v) is 5.99. The number of hydrogen-bond acceptors (Lipinski definition) is 6. The predicted octanol–water partition coefficient (Wildman–Crippen LogP) is -1.89. The number of esters is 1. The lowest BCUT2D eigenvalue weighted by atomic mass is 10.1. The normalized spacial score (nSPS) is 17.9. The van der Waals surface area contributed by atoms with Crippen molar-refractivity contribution in [3.05, 3.63) is 0 Å². The highest BCUT2D eigenvalue weighted by Crippen LogP contribution is 2.05. The van der Waals surface area contributed by atoms with Crippen LogP contribution < -0.4 is 5.73 Å². The zero-order valence-electron chi connectivity index (χ0n) is 10.9. The van der Waals surface area contributed by atoms with Crippen molar-refractivity contribution in [3.8, 4) is 0 Å². The molecule has 0 bridgehead atoms.